The van der Waals surface area contributed by atoms with Crippen LogP contribution in [0, 0.1) is 0 Å². The Labute approximate surface area is 168 Å². The molecule has 7 heteroatoms. The van der Waals surface area contributed by atoms with Crippen LogP contribution in [-0.4, -0.2) is 28.3 Å². The van der Waals surface area contributed by atoms with E-state index >= 15 is 0 Å². The number of aromatic nitrogens is 3. The number of fused-ring (bicyclic) bond motifs is 3. The molecule has 0 atom stereocenters. The van der Waals surface area contributed by atoms with E-state index in [0.29, 0.717) is 23.8 Å². The van der Waals surface area contributed by atoms with Crippen LogP contribution >= 0.6 is 27.7 Å². The highest BCUT2D eigenvalue weighted by Gasteiger charge is 2.15. The number of methoxy groups -OCH3 is 1. The molecular formula is C20H18BrN3O2S. The lowest BCUT2D eigenvalue weighted by atomic mass is 10.2. The van der Waals surface area contributed by atoms with Crippen LogP contribution in [0.2, 0.25) is 0 Å². The van der Waals surface area contributed by atoms with Crippen LogP contribution in [0.3, 0.4) is 0 Å². The Hall–Kier alpha value is -2.09. The first-order valence-corrected chi connectivity index (χ1v) is 10.3. The maximum Gasteiger partial charge on any atom is 0.278 e. The van der Waals surface area contributed by atoms with E-state index in [2.05, 4.69) is 33.0 Å². The molecule has 2 aromatic carbocycles. The van der Waals surface area contributed by atoms with Gasteiger partial charge in [-0.05, 0) is 23.8 Å². The Morgan fingerprint density at radius 2 is 1.96 bits per heavy atom. The summed E-state index contributed by atoms with van der Waals surface area (Å²) in [7, 11) is 1.63. The number of thioether (sulfide) groups is 1. The van der Waals surface area contributed by atoms with Crippen LogP contribution in [0.25, 0.3) is 21.9 Å². The molecule has 0 aliphatic carbocycles. The summed E-state index contributed by atoms with van der Waals surface area (Å²) < 4.78 is 7.94. The quantitative estimate of drug-likeness (QED) is 0.350. The third-order valence-corrected chi connectivity index (χ3v) is 5.95. The summed E-state index contributed by atoms with van der Waals surface area (Å²) in [5.41, 5.74) is 3.30. The SMILES string of the molecule is COCCn1c(SCc2ccc(Br)cc2)nc2c([nH]c3ccccc32)c1=O. The topological polar surface area (TPSA) is 59.9 Å². The fourth-order valence-corrected chi connectivity index (χ4v) is 4.23. The van der Waals surface area contributed by atoms with E-state index in [1.807, 2.05) is 36.4 Å². The smallest absolute Gasteiger partial charge is 0.278 e. The lowest BCUT2D eigenvalue weighted by molar-refractivity contribution is 0.183. The summed E-state index contributed by atoms with van der Waals surface area (Å²) in [5, 5.41) is 1.67. The number of aromatic amines is 1. The molecule has 0 amide bonds. The number of nitrogens with one attached hydrogen (secondary N) is 1. The molecule has 0 saturated carbocycles. The number of hydrogen-bond acceptors (Lipinski definition) is 4. The average Bonchev–Trinajstić information content (AvgIpc) is 3.06. The molecule has 4 rings (SSSR count). The number of H-pyrrole nitrogens is 1. The Morgan fingerprint density at radius 1 is 1.19 bits per heavy atom. The summed E-state index contributed by atoms with van der Waals surface area (Å²) in [6.07, 6.45) is 0. The molecule has 0 radical (unpaired) electrons. The predicted octanol–water partition coefficient (Wildman–Crippen LogP) is 4.58. The minimum atomic E-state index is -0.0634. The van der Waals surface area contributed by atoms with Gasteiger partial charge in [-0.3, -0.25) is 9.36 Å². The maximum atomic E-state index is 13.1. The highest BCUT2D eigenvalue weighted by molar-refractivity contribution is 9.10. The van der Waals surface area contributed by atoms with Gasteiger partial charge in [0, 0.05) is 28.2 Å². The summed E-state index contributed by atoms with van der Waals surface area (Å²) in [6, 6.07) is 16.0. The van der Waals surface area contributed by atoms with Crippen molar-refractivity contribution in [3.63, 3.8) is 0 Å². The number of rotatable bonds is 6. The molecule has 138 valence electrons. The summed E-state index contributed by atoms with van der Waals surface area (Å²) >= 11 is 5.02. The first-order chi connectivity index (χ1) is 13.2. The highest BCUT2D eigenvalue weighted by Crippen LogP contribution is 2.26. The van der Waals surface area contributed by atoms with Crippen LogP contribution in [-0.2, 0) is 17.0 Å². The van der Waals surface area contributed by atoms with Crippen molar-refractivity contribution in [2.75, 3.05) is 13.7 Å². The second kappa shape index (κ2) is 7.88. The molecule has 5 nitrogen and oxygen atoms in total. The van der Waals surface area contributed by atoms with Crippen LogP contribution in [0.1, 0.15) is 5.56 Å². The Morgan fingerprint density at radius 3 is 2.74 bits per heavy atom. The first kappa shape index (κ1) is 18.3. The van der Waals surface area contributed by atoms with Crippen molar-refractivity contribution < 1.29 is 4.74 Å². The van der Waals surface area contributed by atoms with Gasteiger partial charge in [-0.15, -0.1) is 0 Å². The van der Waals surface area contributed by atoms with Crippen molar-refractivity contribution in [2.45, 2.75) is 17.5 Å². The van der Waals surface area contributed by atoms with Gasteiger partial charge in [-0.1, -0.05) is 58.0 Å². The monoisotopic (exact) mass is 443 g/mol. The van der Waals surface area contributed by atoms with Crippen LogP contribution < -0.4 is 5.56 Å². The number of nitrogens with zero attached hydrogens (tertiary/aromatic N) is 2. The zero-order chi connectivity index (χ0) is 18.8. The summed E-state index contributed by atoms with van der Waals surface area (Å²) in [4.78, 5) is 21.2. The van der Waals surface area contributed by atoms with Gasteiger partial charge in [0.2, 0.25) is 0 Å². The zero-order valence-electron chi connectivity index (χ0n) is 14.7. The minimum absolute atomic E-state index is 0.0634. The van der Waals surface area contributed by atoms with Crippen molar-refractivity contribution in [3.05, 3.63) is 68.9 Å². The van der Waals surface area contributed by atoms with Gasteiger partial charge < -0.3 is 9.72 Å². The molecule has 0 fully saturated rings. The van der Waals surface area contributed by atoms with E-state index in [0.717, 1.165) is 26.6 Å². The third-order valence-electron chi connectivity index (χ3n) is 4.38. The molecule has 2 heterocycles. The predicted molar refractivity (Wildman–Crippen MR) is 113 cm³/mol. The molecule has 0 bridgehead atoms. The van der Waals surface area contributed by atoms with Crippen molar-refractivity contribution in [1.82, 2.24) is 14.5 Å². The second-order valence-electron chi connectivity index (χ2n) is 6.15. The number of para-hydroxylation sites is 1. The first-order valence-electron chi connectivity index (χ1n) is 8.55. The van der Waals surface area contributed by atoms with Crippen molar-refractivity contribution >= 4 is 49.6 Å². The largest absolute Gasteiger partial charge is 0.383 e. The molecule has 0 spiro atoms. The fourth-order valence-electron chi connectivity index (χ4n) is 2.99. The van der Waals surface area contributed by atoms with Gasteiger partial charge in [0.1, 0.15) is 11.0 Å². The van der Waals surface area contributed by atoms with Gasteiger partial charge in [-0.2, -0.15) is 0 Å². The van der Waals surface area contributed by atoms with Crippen molar-refractivity contribution in [1.29, 1.82) is 0 Å². The van der Waals surface area contributed by atoms with E-state index in [9.17, 15) is 4.79 Å². The second-order valence-corrected chi connectivity index (χ2v) is 8.01. The number of ether oxygens (including phenoxy) is 1. The maximum absolute atomic E-state index is 13.1. The Kier molecular flexibility index (Phi) is 5.33. The van der Waals surface area contributed by atoms with Crippen molar-refractivity contribution in [3.8, 4) is 0 Å². The van der Waals surface area contributed by atoms with Gasteiger partial charge >= 0.3 is 0 Å². The van der Waals surface area contributed by atoms with E-state index < -0.39 is 0 Å². The Balaban J connectivity index is 1.79. The normalized spacial score (nSPS) is 11.5. The lowest BCUT2D eigenvalue weighted by Gasteiger charge is -2.11. The molecule has 2 aromatic heterocycles. The molecular weight excluding hydrogens is 426 g/mol. The summed E-state index contributed by atoms with van der Waals surface area (Å²) in [5.74, 6) is 0.737. The van der Waals surface area contributed by atoms with Gasteiger partial charge in [-0.25, -0.2) is 4.98 Å². The minimum Gasteiger partial charge on any atom is -0.383 e. The lowest BCUT2D eigenvalue weighted by Crippen LogP contribution is -2.25. The number of hydrogen-bond donors (Lipinski definition) is 1. The zero-order valence-corrected chi connectivity index (χ0v) is 17.1. The molecule has 27 heavy (non-hydrogen) atoms. The standard InChI is InChI=1S/C20H18BrN3O2S/c1-26-11-10-24-19(25)18-17(15-4-2-3-5-16(15)22-18)23-20(24)27-12-13-6-8-14(21)9-7-13/h2-9,22H,10-12H2,1H3. The summed E-state index contributed by atoms with van der Waals surface area (Å²) in [6.45, 7) is 0.926. The van der Waals surface area contributed by atoms with E-state index in [4.69, 9.17) is 9.72 Å². The highest BCUT2D eigenvalue weighted by atomic mass is 79.9. The van der Waals surface area contributed by atoms with Gasteiger partial charge in [0.05, 0.1) is 13.2 Å². The molecule has 0 unspecified atom stereocenters. The molecule has 0 aliphatic heterocycles. The van der Waals surface area contributed by atoms with Crippen LogP contribution in [0.5, 0.6) is 0 Å². The van der Waals surface area contributed by atoms with Gasteiger partial charge in [0.25, 0.3) is 5.56 Å². The van der Waals surface area contributed by atoms with E-state index in [1.54, 1.807) is 23.4 Å². The van der Waals surface area contributed by atoms with E-state index in [1.165, 1.54) is 5.56 Å². The average molecular weight is 444 g/mol. The Bertz CT molecular complexity index is 1150. The molecule has 0 saturated heterocycles. The third kappa shape index (κ3) is 3.67. The number of benzene rings is 2. The van der Waals surface area contributed by atoms with Crippen molar-refractivity contribution in [2.24, 2.45) is 0 Å². The molecule has 4 aromatic rings. The molecule has 1 N–H and O–H groups in total. The number of halogens is 1. The van der Waals surface area contributed by atoms with Crippen LogP contribution in [0.15, 0.2) is 63.0 Å². The molecule has 0 aliphatic rings. The van der Waals surface area contributed by atoms with Gasteiger partial charge in [0.15, 0.2) is 5.16 Å². The fraction of sp³-hybridized carbons (Fsp3) is 0.200. The van der Waals surface area contributed by atoms with Crippen LogP contribution in [0.4, 0.5) is 0 Å². The van der Waals surface area contributed by atoms with E-state index in [-0.39, 0.29) is 5.56 Å².